The van der Waals surface area contributed by atoms with Gasteiger partial charge in [-0.2, -0.15) is 5.26 Å². The zero-order valence-corrected chi connectivity index (χ0v) is 20.0. The first kappa shape index (κ1) is 25.5. The molecule has 0 radical (unpaired) electrons. The third-order valence-corrected chi connectivity index (χ3v) is 7.08. The monoisotopic (exact) mass is 471 g/mol. The molecule has 3 atom stereocenters. The van der Waals surface area contributed by atoms with Gasteiger partial charge in [-0.1, -0.05) is 18.2 Å². The number of hydrogen-bond acceptors (Lipinski definition) is 8. The molecule has 0 saturated carbocycles. The number of nitrogens with zero attached hydrogens (tertiary/aromatic N) is 2. The van der Waals surface area contributed by atoms with Gasteiger partial charge in [0.1, 0.15) is 11.0 Å². The molecule has 0 bridgehead atoms. The summed E-state index contributed by atoms with van der Waals surface area (Å²) in [7, 11) is 1.00. The molecule has 4 N–H and O–H groups in total. The van der Waals surface area contributed by atoms with E-state index in [1.54, 1.807) is 0 Å². The van der Waals surface area contributed by atoms with E-state index >= 15 is 0 Å². The maximum atomic E-state index is 9.95. The summed E-state index contributed by atoms with van der Waals surface area (Å²) < 4.78 is 8.22. The van der Waals surface area contributed by atoms with E-state index < -0.39 is 18.4 Å². The van der Waals surface area contributed by atoms with Gasteiger partial charge in [-0.05, 0) is 84.7 Å². The van der Waals surface area contributed by atoms with Crippen molar-refractivity contribution in [2.45, 2.75) is 51.0 Å². The SMILES string of the molecule is C/C(=C(/C#N)SN[C@@H]1CC(O)COC1O)c1ccc2cc(N3CCCCC3)ccc2c1.CO. The van der Waals surface area contributed by atoms with E-state index in [1.165, 1.54) is 42.3 Å². The lowest BCUT2D eigenvalue weighted by atomic mass is 10.0. The van der Waals surface area contributed by atoms with Crippen LogP contribution < -0.4 is 9.62 Å². The van der Waals surface area contributed by atoms with E-state index in [0.29, 0.717) is 11.3 Å². The quantitative estimate of drug-likeness (QED) is 0.388. The Balaban J connectivity index is 0.00000149. The van der Waals surface area contributed by atoms with Gasteiger partial charge in [0.25, 0.3) is 0 Å². The molecule has 2 aliphatic heterocycles. The summed E-state index contributed by atoms with van der Waals surface area (Å²) >= 11 is 1.17. The van der Waals surface area contributed by atoms with Crippen LogP contribution in [0, 0.1) is 11.3 Å². The molecule has 0 amide bonds. The van der Waals surface area contributed by atoms with Crippen LogP contribution >= 0.6 is 11.9 Å². The van der Waals surface area contributed by atoms with Gasteiger partial charge in [0, 0.05) is 25.9 Å². The first-order valence-corrected chi connectivity index (χ1v) is 12.1. The normalized spacial score (nSPS) is 23.9. The van der Waals surface area contributed by atoms with Crippen molar-refractivity contribution in [3.05, 3.63) is 46.9 Å². The standard InChI is InChI=1S/C24H29N3O3S.CH4O/c1-16(23(14-25)31-26-22-13-21(28)15-30-24(22)29)17-5-6-19-12-20(8-7-18(19)11-17)27-9-3-2-4-10-27;1-2/h5-8,11-12,21-22,24,26,28-29H,2-4,9-10,13,15H2,1H3;2H,1H3/b23-16+;/t21?,22-,24?;/m1./s1. The average molecular weight is 472 g/mol. The number of aliphatic hydroxyl groups is 3. The summed E-state index contributed by atoms with van der Waals surface area (Å²) in [5.74, 6) is 0. The molecule has 0 aliphatic carbocycles. The van der Waals surface area contributed by atoms with Crippen LogP contribution in [0.4, 0.5) is 5.69 Å². The van der Waals surface area contributed by atoms with Crippen molar-refractivity contribution >= 4 is 34.0 Å². The minimum atomic E-state index is -0.995. The number of nitriles is 1. The van der Waals surface area contributed by atoms with Gasteiger partial charge in [-0.25, -0.2) is 0 Å². The second kappa shape index (κ2) is 12.4. The Kier molecular flexibility index (Phi) is 9.56. The number of aliphatic hydroxyl groups excluding tert-OH is 3. The molecule has 2 unspecified atom stereocenters. The van der Waals surface area contributed by atoms with Crippen LogP contribution in [0.15, 0.2) is 41.3 Å². The Morgan fingerprint density at radius 2 is 1.79 bits per heavy atom. The predicted octanol–water partition coefficient (Wildman–Crippen LogP) is 3.40. The lowest BCUT2D eigenvalue weighted by Crippen LogP contribution is -2.46. The third-order valence-electron chi connectivity index (χ3n) is 6.06. The number of ether oxygens (including phenoxy) is 1. The first-order chi connectivity index (χ1) is 16.0. The van der Waals surface area contributed by atoms with Crippen LogP contribution in [0.1, 0.15) is 38.2 Å². The van der Waals surface area contributed by atoms with Crippen LogP contribution in [0.2, 0.25) is 0 Å². The number of benzene rings is 2. The molecule has 2 aliphatic rings. The van der Waals surface area contributed by atoms with E-state index in [4.69, 9.17) is 9.84 Å². The maximum Gasteiger partial charge on any atom is 0.171 e. The van der Waals surface area contributed by atoms with Crippen LogP contribution in [0.5, 0.6) is 0 Å². The van der Waals surface area contributed by atoms with E-state index in [0.717, 1.165) is 36.7 Å². The molecular formula is C25H33N3O4S. The number of anilines is 1. The average Bonchev–Trinajstić information content (AvgIpc) is 2.87. The highest BCUT2D eigenvalue weighted by Gasteiger charge is 2.29. The Hall–Kier alpha value is -2.12. The number of rotatable bonds is 5. The number of allylic oxidation sites excluding steroid dienone is 2. The molecule has 7 nitrogen and oxygen atoms in total. The van der Waals surface area contributed by atoms with Crippen molar-refractivity contribution in [3.63, 3.8) is 0 Å². The Morgan fingerprint density at radius 1 is 1.09 bits per heavy atom. The first-order valence-electron chi connectivity index (χ1n) is 11.3. The van der Waals surface area contributed by atoms with Gasteiger partial charge in [-0.3, -0.25) is 4.72 Å². The van der Waals surface area contributed by atoms with Gasteiger partial charge < -0.3 is 25.0 Å². The molecule has 0 spiro atoms. The third kappa shape index (κ3) is 6.48. The molecule has 4 rings (SSSR count). The largest absolute Gasteiger partial charge is 0.400 e. The van der Waals surface area contributed by atoms with Gasteiger partial charge in [-0.15, -0.1) is 0 Å². The van der Waals surface area contributed by atoms with Crippen LogP contribution in [-0.4, -0.2) is 60.6 Å². The molecule has 2 heterocycles. The van der Waals surface area contributed by atoms with E-state index in [1.807, 2.05) is 6.92 Å². The number of fused-ring (bicyclic) bond motifs is 1. The van der Waals surface area contributed by atoms with Crippen molar-refractivity contribution in [1.82, 2.24) is 4.72 Å². The highest BCUT2D eigenvalue weighted by Crippen LogP contribution is 2.30. The smallest absolute Gasteiger partial charge is 0.171 e. The fourth-order valence-corrected chi connectivity index (χ4v) is 4.97. The topological polar surface area (TPSA) is 109 Å². The molecule has 2 saturated heterocycles. The Labute approximate surface area is 199 Å². The number of nitrogens with one attached hydrogen (secondary N) is 1. The molecule has 8 heteroatoms. The summed E-state index contributed by atoms with van der Waals surface area (Å²) in [6, 6.07) is 14.7. The van der Waals surface area contributed by atoms with Gasteiger partial charge >= 0.3 is 0 Å². The predicted molar refractivity (Wildman–Crippen MR) is 133 cm³/mol. The van der Waals surface area contributed by atoms with E-state index in [-0.39, 0.29) is 6.61 Å². The molecule has 0 aromatic heterocycles. The van der Waals surface area contributed by atoms with Crippen molar-refractivity contribution in [2.24, 2.45) is 0 Å². The number of hydrogen-bond donors (Lipinski definition) is 4. The van der Waals surface area contributed by atoms with E-state index in [9.17, 15) is 15.5 Å². The fraction of sp³-hybridized carbons (Fsp3) is 0.480. The Bertz CT molecular complexity index is 1000. The Morgan fingerprint density at radius 3 is 2.52 bits per heavy atom. The molecular weight excluding hydrogens is 438 g/mol. The summed E-state index contributed by atoms with van der Waals surface area (Å²) in [5, 5.41) is 38.7. The second-order valence-corrected chi connectivity index (χ2v) is 9.15. The zero-order valence-electron chi connectivity index (χ0n) is 19.2. The number of piperidine rings is 1. The second-order valence-electron chi connectivity index (χ2n) is 8.30. The van der Waals surface area contributed by atoms with Gasteiger partial charge in [0.05, 0.1) is 18.8 Å². The van der Waals surface area contributed by atoms with Crippen LogP contribution in [0.25, 0.3) is 16.3 Å². The molecule has 2 aromatic rings. The molecule has 2 fully saturated rings. The highest BCUT2D eigenvalue weighted by molar-refractivity contribution is 8.01. The summed E-state index contributed by atoms with van der Waals surface area (Å²) in [4.78, 5) is 2.98. The van der Waals surface area contributed by atoms with Crippen LogP contribution in [-0.2, 0) is 4.74 Å². The summed E-state index contributed by atoms with van der Waals surface area (Å²) in [6.07, 6.45) is 2.60. The zero-order chi connectivity index (χ0) is 23.8. The van der Waals surface area contributed by atoms with Crippen LogP contribution in [0.3, 0.4) is 0 Å². The highest BCUT2D eigenvalue weighted by atomic mass is 32.2. The summed E-state index contributed by atoms with van der Waals surface area (Å²) in [5.41, 5.74) is 3.14. The fourth-order valence-electron chi connectivity index (χ4n) is 4.17. The van der Waals surface area contributed by atoms with Crippen molar-refractivity contribution in [2.75, 3.05) is 31.7 Å². The minimum Gasteiger partial charge on any atom is -0.400 e. The molecule has 178 valence electrons. The minimum absolute atomic E-state index is 0.126. The van der Waals surface area contributed by atoms with Crippen molar-refractivity contribution in [1.29, 1.82) is 5.26 Å². The lowest BCUT2D eigenvalue weighted by Gasteiger charge is -2.31. The summed E-state index contributed by atoms with van der Waals surface area (Å²) in [6.45, 7) is 4.30. The lowest BCUT2D eigenvalue weighted by molar-refractivity contribution is -0.168. The van der Waals surface area contributed by atoms with Gasteiger partial charge in [0.15, 0.2) is 6.29 Å². The molecule has 2 aromatic carbocycles. The van der Waals surface area contributed by atoms with Crippen molar-refractivity contribution in [3.8, 4) is 6.07 Å². The van der Waals surface area contributed by atoms with Gasteiger partial charge in [0.2, 0.25) is 0 Å². The van der Waals surface area contributed by atoms with Crippen molar-refractivity contribution < 1.29 is 20.1 Å². The maximum absolute atomic E-state index is 9.95. The van der Waals surface area contributed by atoms with E-state index in [2.05, 4.69) is 52.1 Å². The molecule has 33 heavy (non-hydrogen) atoms.